The van der Waals surface area contributed by atoms with Gasteiger partial charge in [0.2, 0.25) is 0 Å². The Labute approximate surface area is 782 Å². The van der Waals surface area contributed by atoms with Crippen LogP contribution in [0.3, 0.4) is 0 Å². The van der Waals surface area contributed by atoms with Gasteiger partial charge in [-0.2, -0.15) is 0 Å². The van der Waals surface area contributed by atoms with Gasteiger partial charge in [-0.25, -0.2) is 66.3 Å². The molecule has 0 radical (unpaired) electrons. The lowest BCUT2D eigenvalue weighted by Crippen LogP contribution is -2.09. The second-order valence-corrected chi connectivity index (χ2v) is 28.5. The first-order chi connectivity index (χ1) is 64.8. The van der Waals surface area contributed by atoms with Gasteiger partial charge in [-0.3, -0.25) is 0 Å². The van der Waals surface area contributed by atoms with Crippen LogP contribution in [0.15, 0.2) is 404 Å². The van der Waals surface area contributed by atoms with E-state index in [-0.39, 0.29) is 17.1 Å². The van der Waals surface area contributed by atoms with E-state index in [1.165, 1.54) is 31.2 Å². The third-order valence-corrected chi connectivity index (χ3v) is 17.5. The molecule has 24 nitrogen and oxygen atoms in total. The maximum atomic E-state index is 14.1. The number of esters is 12. The van der Waals surface area contributed by atoms with Crippen molar-refractivity contribution < 1.29 is 123 Å². The lowest BCUT2D eigenvalue weighted by molar-refractivity contribution is -0.131. The summed E-state index contributed by atoms with van der Waals surface area (Å²) in [5, 5.41) is 3.44. The van der Waals surface area contributed by atoms with Gasteiger partial charge in [0, 0.05) is 69.9 Å². The molecule has 0 spiro atoms. The fourth-order valence-corrected chi connectivity index (χ4v) is 10.6. The number of hydrogen-bond acceptors (Lipinski definition) is 24. The Kier molecular flexibility index (Phi) is 39.7. The van der Waals surface area contributed by atoms with E-state index < -0.39 is 83.3 Å². The van der Waals surface area contributed by atoms with Crippen LogP contribution in [0.2, 0.25) is 0 Å². The highest BCUT2D eigenvalue weighted by atomic mass is 19.1. The van der Waals surface area contributed by atoms with Crippen molar-refractivity contribution in [2.75, 3.05) is 0 Å². The molecular formula is C110H90F2O24. The predicted molar refractivity (Wildman–Crippen MR) is 513 cm³/mol. The van der Waals surface area contributed by atoms with Crippen molar-refractivity contribution in [3.63, 3.8) is 0 Å². The fraction of sp³-hybridized carbons (Fsp3) is 0.0545. The number of fused-ring (bicyclic) bond motifs is 2. The molecule has 12 aromatic rings. The van der Waals surface area contributed by atoms with Crippen LogP contribution < -0.4 is 56.8 Å². The van der Waals surface area contributed by atoms with Crippen molar-refractivity contribution in [2.45, 2.75) is 41.5 Å². The Morgan fingerprint density at radius 3 is 0.551 bits per heavy atom. The molecule has 688 valence electrons. The normalized spacial score (nSPS) is 9.88. The maximum absolute atomic E-state index is 14.1. The lowest BCUT2D eigenvalue weighted by atomic mass is 10.1. The van der Waals surface area contributed by atoms with E-state index in [2.05, 4.69) is 78.9 Å². The molecule has 0 aliphatic rings. The first kappa shape index (κ1) is 105. The number of rotatable bonds is 28. The van der Waals surface area contributed by atoms with E-state index in [4.69, 9.17) is 56.8 Å². The van der Waals surface area contributed by atoms with E-state index in [0.717, 1.165) is 80.3 Å². The third kappa shape index (κ3) is 33.9. The molecule has 0 unspecified atom stereocenters. The van der Waals surface area contributed by atoms with Crippen LogP contribution in [-0.2, 0) is 57.5 Å². The topological polar surface area (TPSA) is 316 Å². The Morgan fingerprint density at radius 1 is 0.191 bits per heavy atom. The maximum Gasteiger partial charge on any atom is 0.338 e. The van der Waals surface area contributed by atoms with E-state index >= 15 is 0 Å². The minimum absolute atomic E-state index is 0.163. The van der Waals surface area contributed by atoms with Crippen LogP contribution in [0.1, 0.15) is 41.5 Å². The van der Waals surface area contributed by atoms with Crippen molar-refractivity contribution >= 4 is 93.2 Å². The van der Waals surface area contributed by atoms with Gasteiger partial charge in [-0.15, -0.1) is 0 Å². The van der Waals surface area contributed by atoms with Gasteiger partial charge in [0.1, 0.15) is 57.5 Å². The second-order valence-electron chi connectivity index (χ2n) is 28.5. The summed E-state index contributed by atoms with van der Waals surface area (Å²) < 4.78 is 88.5. The fourth-order valence-electron chi connectivity index (χ4n) is 10.6. The van der Waals surface area contributed by atoms with Crippen molar-refractivity contribution in [1.29, 1.82) is 0 Å². The molecule has 0 atom stereocenters. The van der Waals surface area contributed by atoms with Gasteiger partial charge in [-0.05, 0) is 253 Å². The molecule has 136 heavy (non-hydrogen) atoms. The SMILES string of the molecule is C=C(C)C(=O)Oc1ccc(-c2ccc(OC(=O)C(=C)C)c(F)c2)cc1.C=C(C)C(=O)Oc1ccc(-c2ccc(OC(=O)C(=C)C)cc2)cc1.C=C(C)C(=O)Oc1ccc2cc(OC(=O)C(=C)C)ccc2c1.C=CC(=O)Oc1ccc(-c2ccc(OC(=O)C=C)c(F)c2)cc1.C=CC(=O)Oc1ccc(-c2ccc(OC(=O)C=C)cc2)cc1.C=CC(=O)Oc1ccc2cc(OC(=O)C=C)ccc2c1. The summed E-state index contributed by atoms with van der Waals surface area (Å²) in [4.78, 5) is 135. The summed E-state index contributed by atoms with van der Waals surface area (Å²) in [5.74, 6) is -3.74. The molecule has 0 bridgehead atoms. The molecule has 0 aliphatic carbocycles. The van der Waals surface area contributed by atoms with Crippen molar-refractivity contribution in [2.24, 2.45) is 0 Å². The molecule has 12 rings (SSSR count). The van der Waals surface area contributed by atoms with Crippen molar-refractivity contribution in [3.05, 3.63) is 415 Å². The molecule has 0 N–H and O–H groups in total. The minimum Gasteiger partial charge on any atom is -0.423 e. The number of ether oxygens (including phenoxy) is 12. The summed E-state index contributed by atoms with van der Waals surface area (Å²) in [6.45, 7) is 50.4. The monoisotopic (exact) mass is 1830 g/mol. The molecule has 12 aromatic carbocycles. The molecule has 0 amide bonds. The van der Waals surface area contributed by atoms with E-state index in [9.17, 15) is 66.3 Å². The highest BCUT2D eigenvalue weighted by molar-refractivity contribution is 5.95. The lowest BCUT2D eigenvalue weighted by Gasteiger charge is -2.08. The molecule has 0 aromatic heterocycles. The molecule has 0 fully saturated rings. The molecule has 26 heteroatoms. The molecule has 0 heterocycles. The average Bonchev–Trinajstić information content (AvgIpc) is 0.817. The highest BCUT2D eigenvalue weighted by Crippen LogP contribution is 2.34. The second kappa shape index (κ2) is 51.7. The molecule has 0 saturated carbocycles. The van der Waals surface area contributed by atoms with Gasteiger partial charge in [0.25, 0.3) is 0 Å². The smallest absolute Gasteiger partial charge is 0.338 e. The van der Waals surface area contributed by atoms with Crippen LogP contribution in [0.5, 0.6) is 69.0 Å². The first-order valence-corrected chi connectivity index (χ1v) is 40.4. The highest BCUT2D eigenvalue weighted by Gasteiger charge is 2.18. The Balaban J connectivity index is 0.000000223. The number of hydrogen-bond donors (Lipinski definition) is 0. The van der Waals surface area contributed by atoms with E-state index in [1.54, 1.807) is 217 Å². The third-order valence-electron chi connectivity index (χ3n) is 17.5. The summed E-state index contributed by atoms with van der Waals surface area (Å²) in [6.07, 6.45) is 6.43. The zero-order valence-corrected chi connectivity index (χ0v) is 74.8. The first-order valence-electron chi connectivity index (χ1n) is 40.4. The van der Waals surface area contributed by atoms with Crippen molar-refractivity contribution in [3.8, 4) is 114 Å². The van der Waals surface area contributed by atoms with Crippen LogP contribution in [0.25, 0.3) is 66.1 Å². The van der Waals surface area contributed by atoms with Gasteiger partial charge in [0.05, 0.1) is 0 Å². The van der Waals surface area contributed by atoms with Crippen molar-refractivity contribution in [1.82, 2.24) is 0 Å². The zero-order valence-electron chi connectivity index (χ0n) is 74.8. The van der Waals surface area contributed by atoms with Crippen LogP contribution in [-0.4, -0.2) is 71.6 Å². The summed E-state index contributed by atoms with van der Waals surface area (Å²) in [5.41, 5.74) is 8.23. The van der Waals surface area contributed by atoms with Crippen LogP contribution in [0, 0.1) is 11.6 Å². The quantitative estimate of drug-likeness (QED) is 0.0250. The van der Waals surface area contributed by atoms with Gasteiger partial charge in [-0.1, -0.05) is 188 Å². The van der Waals surface area contributed by atoms with Crippen LogP contribution >= 0.6 is 0 Å². The summed E-state index contributed by atoms with van der Waals surface area (Å²) in [6, 6.07) is 70.6. The van der Waals surface area contributed by atoms with E-state index in [1.807, 2.05) is 48.5 Å². The number of carbonyl (C=O) groups is 12. The Bertz CT molecular complexity index is 6400. The summed E-state index contributed by atoms with van der Waals surface area (Å²) >= 11 is 0. The number of halogens is 2. The number of carbonyl (C=O) groups excluding carboxylic acids is 12. The number of benzene rings is 12. The predicted octanol–water partition coefficient (Wildman–Crippen LogP) is 22.8. The van der Waals surface area contributed by atoms with Gasteiger partial charge in [0.15, 0.2) is 23.1 Å². The molecular weight excluding hydrogens is 1740 g/mol. The molecule has 0 saturated heterocycles. The Hall–Kier alpha value is -18.5. The van der Waals surface area contributed by atoms with Gasteiger partial charge >= 0.3 is 71.6 Å². The largest absolute Gasteiger partial charge is 0.423 e. The standard InChI is InChI=1S/C20H17FO4.C20H18O4.C18H13FO4.C18H16O4.C18H14O4.C16H12O4/c1-12(2)19(22)24-16-8-5-14(6-9-16)15-7-10-18(17(21)11-15)25-20(23)13(3)4;1-13(2)19(21)23-17-9-5-15(6-10-17)16-7-11-18(12-8-16)24-20(22)14(3)4;1-3-17(20)22-14-8-5-12(6-9-14)13-7-10-16(15(19)11-13)23-18(21)4-2;1-11(2)17(19)21-15-7-5-14-10-16(8-6-13(14)9-15)22-18(20)12(3)4;1-3-17(19)21-15-9-5-13(6-10-15)14-7-11-16(12-8-14)22-18(20)4-2;1-3-15(17)19-13-7-5-12-10-14(20-16(18)4-2)8-6-11(12)9-13/h5-11H,1,3H2,2,4H3;5-12H,1,3H2,2,4H3;3-11H,1-2H2;5-10H,1,3H2,2,4H3;3-12H,1-2H2;3-10H,1-2H2. The zero-order chi connectivity index (χ0) is 99.8. The van der Waals surface area contributed by atoms with Gasteiger partial charge < -0.3 is 56.8 Å². The molecule has 0 aliphatic heterocycles. The van der Waals surface area contributed by atoms with Crippen LogP contribution in [0.4, 0.5) is 8.78 Å². The average molecular weight is 1830 g/mol. The minimum atomic E-state index is -0.731. The van der Waals surface area contributed by atoms with E-state index in [0.29, 0.717) is 108 Å². The summed E-state index contributed by atoms with van der Waals surface area (Å²) in [7, 11) is 0. The Morgan fingerprint density at radius 2 is 0.346 bits per heavy atom.